The van der Waals surface area contributed by atoms with Crippen LogP contribution in [0, 0.1) is 17.8 Å². The first kappa shape index (κ1) is 26.5. The zero-order valence-electron chi connectivity index (χ0n) is 23.0. The molecule has 6 rings (SSSR count). The summed E-state index contributed by atoms with van der Waals surface area (Å²) in [5.74, 6) is -3.42. The number of fused-ring (bicyclic) bond motifs is 3. The molecule has 0 saturated carbocycles. The van der Waals surface area contributed by atoms with Gasteiger partial charge in [-0.3, -0.25) is 24.1 Å². The van der Waals surface area contributed by atoms with Crippen molar-refractivity contribution in [2.75, 3.05) is 19.1 Å². The van der Waals surface area contributed by atoms with Gasteiger partial charge in [0.15, 0.2) is 11.6 Å². The van der Waals surface area contributed by atoms with Crippen LogP contribution in [-0.2, 0) is 19.2 Å². The van der Waals surface area contributed by atoms with Crippen LogP contribution in [0.15, 0.2) is 77.4 Å². The van der Waals surface area contributed by atoms with Gasteiger partial charge < -0.3 is 14.6 Å². The van der Waals surface area contributed by atoms with Crippen LogP contribution in [0.1, 0.15) is 36.8 Å². The third kappa shape index (κ3) is 3.89. The molecule has 0 spiro atoms. The fraction of sp³-hybridized carbons (Fsp3) is 0.273. The molecule has 2 aromatic rings. The van der Waals surface area contributed by atoms with Gasteiger partial charge in [-0.15, -0.1) is 0 Å². The maximum absolute atomic E-state index is 14.0. The van der Waals surface area contributed by atoms with Crippen LogP contribution < -0.4 is 14.4 Å². The SMILES string of the molecule is C=Cc1ccc(N2C(=O)[C@H]3[C@H](CC=C4[C@H](c5c(O)cc(OC)cc5OC)C5=C(C[C@H]43)C(=O)C=C(C)C5=O)C2=O)cc1. The normalized spacial score (nSPS) is 25.3. The number of Topliss-reactive ketones (excluding diaryl/α,β-unsaturated/α-hetero) is 1. The van der Waals surface area contributed by atoms with Crippen LogP contribution in [0.2, 0.25) is 0 Å². The molecule has 41 heavy (non-hydrogen) atoms. The molecule has 0 aromatic heterocycles. The highest BCUT2D eigenvalue weighted by Gasteiger charge is 2.57. The molecule has 1 N–H and O–H groups in total. The number of imide groups is 1. The van der Waals surface area contributed by atoms with E-state index >= 15 is 0 Å². The molecule has 8 nitrogen and oxygen atoms in total. The molecule has 0 bridgehead atoms. The number of anilines is 1. The summed E-state index contributed by atoms with van der Waals surface area (Å²) in [7, 11) is 2.91. The van der Waals surface area contributed by atoms with E-state index < -0.39 is 23.7 Å². The summed E-state index contributed by atoms with van der Waals surface area (Å²) < 4.78 is 11.0. The number of phenolic OH excluding ortho intramolecular Hbond substituents is 1. The van der Waals surface area contributed by atoms with Crippen molar-refractivity contribution in [3.63, 3.8) is 0 Å². The van der Waals surface area contributed by atoms with E-state index in [0.717, 1.165) is 11.1 Å². The molecule has 8 heteroatoms. The standard InChI is InChI=1S/C33H29NO7/c1-5-17-6-8-18(9-7-17)34-32(38)21-11-10-20-22(27(21)33(34)39)15-23-24(35)12-16(2)31(37)29(23)28(20)30-25(36)13-19(40-3)14-26(30)41-4/h5-10,12-14,21-22,27-28,36H,1,11,15H2,2-4H3/t21-,22+,27-,28-/m0/s1. The zero-order valence-corrected chi connectivity index (χ0v) is 23.0. The molecule has 1 saturated heterocycles. The summed E-state index contributed by atoms with van der Waals surface area (Å²) in [5.41, 5.74) is 3.28. The molecule has 4 atom stereocenters. The van der Waals surface area contributed by atoms with E-state index in [9.17, 15) is 24.3 Å². The topological polar surface area (TPSA) is 110 Å². The first-order valence-electron chi connectivity index (χ1n) is 13.5. The minimum atomic E-state index is -0.838. The maximum atomic E-state index is 14.0. The second-order valence-corrected chi connectivity index (χ2v) is 10.8. The Hall–Kier alpha value is -4.72. The summed E-state index contributed by atoms with van der Waals surface area (Å²) in [5, 5.41) is 11.2. The second kappa shape index (κ2) is 9.73. The Kier molecular flexibility index (Phi) is 6.29. The van der Waals surface area contributed by atoms with Crippen LogP contribution in [-0.4, -0.2) is 42.7 Å². The Morgan fingerprint density at radius 2 is 1.73 bits per heavy atom. The number of aromatic hydroxyl groups is 1. The average Bonchev–Trinajstić information content (AvgIpc) is 3.24. The number of benzene rings is 2. The van der Waals surface area contributed by atoms with Crippen molar-refractivity contribution in [3.05, 3.63) is 88.5 Å². The van der Waals surface area contributed by atoms with E-state index in [0.29, 0.717) is 28.1 Å². The largest absolute Gasteiger partial charge is 0.507 e. The van der Waals surface area contributed by atoms with E-state index in [1.165, 1.54) is 31.3 Å². The average molecular weight is 552 g/mol. The third-order valence-electron chi connectivity index (χ3n) is 8.79. The summed E-state index contributed by atoms with van der Waals surface area (Å²) in [4.78, 5) is 55.9. The van der Waals surface area contributed by atoms with Crippen molar-refractivity contribution < 1.29 is 33.8 Å². The highest BCUT2D eigenvalue weighted by atomic mass is 16.5. The highest BCUT2D eigenvalue weighted by molar-refractivity contribution is 6.25. The lowest BCUT2D eigenvalue weighted by Gasteiger charge is -2.42. The van der Waals surface area contributed by atoms with Crippen molar-refractivity contribution >= 4 is 35.1 Å². The van der Waals surface area contributed by atoms with Crippen molar-refractivity contribution in [2.24, 2.45) is 17.8 Å². The number of hydrogen-bond donors (Lipinski definition) is 1. The molecule has 208 valence electrons. The smallest absolute Gasteiger partial charge is 0.238 e. The van der Waals surface area contributed by atoms with Crippen LogP contribution in [0.4, 0.5) is 5.69 Å². The van der Waals surface area contributed by atoms with Gasteiger partial charge in [0.25, 0.3) is 0 Å². The molecule has 0 unspecified atom stereocenters. The number of ketones is 2. The molecule has 4 aliphatic rings. The number of rotatable bonds is 5. The minimum absolute atomic E-state index is 0.148. The Labute approximate surface area is 237 Å². The minimum Gasteiger partial charge on any atom is -0.507 e. The van der Waals surface area contributed by atoms with Gasteiger partial charge in [-0.25, -0.2) is 0 Å². The quantitative estimate of drug-likeness (QED) is 0.326. The van der Waals surface area contributed by atoms with E-state index in [2.05, 4.69) is 6.58 Å². The molecule has 3 aliphatic carbocycles. The number of allylic oxidation sites excluding steroid dienone is 6. The second-order valence-electron chi connectivity index (χ2n) is 10.8. The van der Waals surface area contributed by atoms with Crippen LogP contribution >= 0.6 is 0 Å². The number of ether oxygens (including phenoxy) is 2. The number of amides is 2. The summed E-state index contributed by atoms with van der Waals surface area (Å²) in [6.45, 7) is 5.35. The lowest BCUT2D eigenvalue weighted by atomic mass is 9.59. The molecular weight excluding hydrogens is 522 g/mol. The Morgan fingerprint density at radius 1 is 1.00 bits per heavy atom. The number of phenols is 1. The Bertz CT molecular complexity index is 1640. The van der Waals surface area contributed by atoms with Crippen molar-refractivity contribution in [1.29, 1.82) is 0 Å². The summed E-state index contributed by atoms with van der Waals surface area (Å²) >= 11 is 0. The molecule has 1 fully saturated rings. The first-order valence-corrected chi connectivity index (χ1v) is 13.5. The van der Waals surface area contributed by atoms with Gasteiger partial charge in [-0.05, 0) is 49.5 Å². The van der Waals surface area contributed by atoms with E-state index in [1.807, 2.05) is 6.08 Å². The zero-order chi connectivity index (χ0) is 29.2. The van der Waals surface area contributed by atoms with E-state index in [4.69, 9.17) is 9.47 Å². The molecule has 2 aromatic carbocycles. The fourth-order valence-corrected chi connectivity index (χ4v) is 6.87. The van der Waals surface area contributed by atoms with Gasteiger partial charge in [0.2, 0.25) is 11.8 Å². The lowest BCUT2D eigenvalue weighted by molar-refractivity contribution is -0.123. The van der Waals surface area contributed by atoms with Gasteiger partial charge in [-0.1, -0.05) is 36.4 Å². The van der Waals surface area contributed by atoms with E-state index in [1.54, 1.807) is 43.3 Å². The first-order chi connectivity index (χ1) is 19.7. The van der Waals surface area contributed by atoms with Crippen LogP contribution in [0.25, 0.3) is 6.08 Å². The Balaban J connectivity index is 1.51. The Morgan fingerprint density at radius 3 is 2.39 bits per heavy atom. The van der Waals surface area contributed by atoms with Crippen molar-refractivity contribution in [3.8, 4) is 17.2 Å². The van der Waals surface area contributed by atoms with Gasteiger partial charge in [0.1, 0.15) is 17.2 Å². The molecule has 1 heterocycles. The highest BCUT2D eigenvalue weighted by Crippen LogP contribution is 2.58. The third-order valence-corrected chi connectivity index (χ3v) is 8.79. The van der Waals surface area contributed by atoms with Crippen molar-refractivity contribution in [2.45, 2.75) is 25.7 Å². The van der Waals surface area contributed by atoms with Gasteiger partial charge in [0.05, 0.1) is 31.7 Å². The number of carbonyl (C=O) groups excluding carboxylic acids is 4. The monoisotopic (exact) mass is 551 g/mol. The molecule has 1 aliphatic heterocycles. The van der Waals surface area contributed by atoms with Gasteiger partial charge >= 0.3 is 0 Å². The molecule has 2 amide bonds. The van der Waals surface area contributed by atoms with E-state index in [-0.39, 0.29) is 53.3 Å². The number of nitrogens with zero attached hydrogens (tertiary/aromatic N) is 1. The lowest BCUT2D eigenvalue weighted by Crippen LogP contribution is -2.40. The van der Waals surface area contributed by atoms with Crippen LogP contribution in [0.3, 0.4) is 0 Å². The molecular formula is C33H29NO7. The van der Waals surface area contributed by atoms with Gasteiger partial charge in [-0.2, -0.15) is 0 Å². The maximum Gasteiger partial charge on any atom is 0.238 e. The number of carbonyl (C=O) groups is 4. The predicted molar refractivity (Wildman–Crippen MR) is 152 cm³/mol. The summed E-state index contributed by atoms with van der Waals surface area (Å²) in [6.07, 6.45) is 5.35. The predicted octanol–water partition coefficient (Wildman–Crippen LogP) is 4.69. The number of hydrogen-bond acceptors (Lipinski definition) is 7. The fourth-order valence-electron chi connectivity index (χ4n) is 6.87. The van der Waals surface area contributed by atoms with Crippen LogP contribution in [0.5, 0.6) is 17.2 Å². The molecule has 0 radical (unpaired) electrons. The number of methoxy groups -OCH3 is 2. The van der Waals surface area contributed by atoms with Crippen molar-refractivity contribution in [1.82, 2.24) is 0 Å². The summed E-state index contributed by atoms with van der Waals surface area (Å²) in [6, 6.07) is 10.1. The van der Waals surface area contributed by atoms with Gasteiger partial charge in [0, 0.05) is 40.3 Å².